The van der Waals surface area contributed by atoms with Crippen molar-refractivity contribution in [3.63, 3.8) is 0 Å². The third-order valence-electron chi connectivity index (χ3n) is 4.11. The van der Waals surface area contributed by atoms with E-state index >= 15 is 0 Å². The second-order valence-electron chi connectivity index (χ2n) is 7.39. The lowest BCUT2D eigenvalue weighted by Gasteiger charge is -2.39. The molecular formula is C18H21NOS. The minimum Gasteiger partial charge on any atom is -0.286 e. The fourth-order valence-electron chi connectivity index (χ4n) is 3.60. The van der Waals surface area contributed by atoms with Gasteiger partial charge in [0.2, 0.25) is 5.78 Å². The fourth-order valence-corrected chi connectivity index (χ4v) is 4.75. The van der Waals surface area contributed by atoms with Crippen molar-refractivity contribution in [1.82, 2.24) is 4.98 Å². The first-order valence-corrected chi connectivity index (χ1v) is 8.20. The molecule has 0 saturated carbocycles. The summed E-state index contributed by atoms with van der Waals surface area (Å²) in [4.78, 5) is 18.6. The largest absolute Gasteiger partial charge is 0.286 e. The quantitative estimate of drug-likeness (QED) is 0.757. The first-order valence-electron chi connectivity index (χ1n) is 7.38. The lowest BCUT2D eigenvalue weighted by atomic mass is 9.67. The number of carbonyl (C=O) groups excluding carboxylic acids is 1. The van der Waals surface area contributed by atoms with E-state index in [1.54, 1.807) is 11.3 Å². The lowest BCUT2D eigenvalue weighted by Crippen LogP contribution is -2.33. The van der Waals surface area contributed by atoms with E-state index in [0.717, 1.165) is 24.1 Å². The molecule has 0 radical (unpaired) electrons. The highest BCUT2D eigenvalue weighted by Crippen LogP contribution is 2.47. The second kappa shape index (κ2) is 4.77. The van der Waals surface area contributed by atoms with Gasteiger partial charge in [0.05, 0.1) is 5.69 Å². The Morgan fingerprint density at radius 3 is 2.48 bits per heavy atom. The van der Waals surface area contributed by atoms with Crippen LogP contribution in [0, 0.1) is 5.41 Å². The SMILES string of the molecule is CC1(C)Cc2nc(C(=O)c3ccccc3)sc2C(C)(C)C1. The summed E-state index contributed by atoms with van der Waals surface area (Å²) in [6.07, 6.45) is 2.10. The molecule has 0 spiro atoms. The van der Waals surface area contributed by atoms with Crippen molar-refractivity contribution in [3.8, 4) is 0 Å². The van der Waals surface area contributed by atoms with Crippen LogP contribution in [0.3, 0.4) is 0 Å². The van der Waals surface area contributed by atoms with Gasteiger partial charge in [-0.25, -0.2) is 4.98 Å². The third-order valence-corrected chi connectivity index (χ3v) is 5.57. The number of thiazole rings is 1. The molecule has 0 fully saturated rings. The highest BCUT2D eigenvalue weighted by Gasteiger charge is 2.40. The molecule has 0 unspecified atom stereocenters. The minimum atomic E-state index is 0.0450. The average Bonchev–Trinajstić information content (AvgIpc) is 2.81. The minimum absolute atomic E-state index is 0.0450. The number of aromatic nitrogens is 1. The van der Waals surface area contributed by atoms with Crippen molar-refractivity contribution in [2.45, 2.75) is 46.0 Å². The summed E-state index contributed by atoms with van der Waals surface area (Å²) in [5.74, 6) is 0.0450. The molecule has 1 aliphatic carbocycles. The van der Waals surface area contributed by atoms with Crippen LogP contribution in [0.2, 0.25) is 0 Å². The maximum absolute atomic E-state index is 12.6. The van der Waals surface area contributed by atoms with Crippen LogP contribution in [0.15, 0.2) is 30.3 Å². The summed E-state index contributed by atoms with van der Waals surface area (Å²) >= 11 is 1.59. The predicted molar refractivity (Wildman–Crippen MR) is 87.1 cm³/mol. The van der Waals surface area contributed by atoms with Crippen molar-refractivity contribution in [2.24, 2.45) is 5.41 Å². The van der Waals surface area contributed by atoms with Crippen molar-refractivity contribution in [3.05, 3.63) is 51.5 Å². The molecule has 0 amide bonds. The zero-order valence-electron chi connectivity index (χ0n) is 13.1. The number of benzene rings is 1. The van der Waals surface area contributed by atoms with Gasteiger partial charge in [-0.15, -0.1) is 11.3 Å². The molecule has 2 nitrogen and oxygen atoms in total. The van der Waals surface area contributed by atoms with Gasteiger partial charge in [-0.3, -0.25) is 4.79 Å². The summed E-state index contributed by atoms with van der Waals surface area (Å²) in [7, 11) is 0. The van der Waals surface area contributed by atoms with E-state index in [0.29, 0.717) is 5.01 Å². The van der Waals surface area contributed by atoms with Crippen LogP contribution in [0.1, 0.15) is 60.1 Å². The predicted octanol–water partition coefficient (Wildman–Crippen LogP) is 4.62. The number of fused-ring (bicyclic) bond motifs is 1. The van der Waals surface area contributed by atoms with Gasteiger partial charge in [-0.1, -0.05) is 58.0 Å². The second-order valence-corrected chi connectivity index (χ2v) is 8.39. The normalized spacial score (nSPS) is 19.0. The number of rotatable bonds is 2. The molecule has 0 N–H and O–H groups in total. The summed E-state index contributed by atoms with van der Waals surface area (Å²) in [5.41, 5.74) is 2.20. The van der Waals surface area contributed by atoms with Gasteiger partial charge in [-0.2, -0.15) is 0 Å². The molecule has 0 atom stereocenters. The van der Waals surface area contributed by atoms with E-state index in [1.165, 1.54) is 4.88 Å². The van der Waals surface area contributed by atoms with Crippen molar-refractivity contribution >= 4 is 17.1 Å². The fraction of sp³-hybridized carbons (Fsp3) is 0.444. The van der Waals surface area contributed by atoms with Crippen LogP contribution < -0.4 is 0 Å². The maximum atomic E-state index is 12.6. The Balaban J connectivity index is 2.02. The number of carbonyl (C=O) groups is 1. The molecule has 0 aliphatic heterocycles. The average molecular weight is 299 g/mol. The van der Waals surface area contributed by atoms with E-state index in [-0.39, 0.29) is 16.6 Å². The highest BCUT2D eigenvalue weighted by molar-refractivity contribution is 7.14. The van der Waals surface area contributed by atoms with E-state index in [2.05, 4.69) is 32.7 Å². The molecule has 2 aromatic rings. The van der Waals surface area contributed by atoms with Gasteiger partial charge in [0.25, 0.3) is 0 Å². The standard InChI is InChI=1S/C18H21NOS/c1-17(2)10-13-15(18(3,4)11-17)21-16(19-13)14(20)12-8-6-5-7-9-12/h5-9H,10-11H2,1-4H3. The zero-order chi connectivity index (χ0) is 15.3. The molecule has 110 valence electrons. The van der Waals surface area contributed by atoms with Crippen molar-refractivity contribution in [2.75, 3.05) is 0 Å². The van der Waals surface area contributed by atoms with Gasteiger partial charge in [-0.05, 0) is 18.3 Å². The summed E-state index contributed by atoms with van der Waals surface area (Å²) in [6.45, 7) is 9.11. The Kier molecular flexibility index (Phi) is 3.28. The number of nitrogens with zero attached hydrogens (tertiary/aromatic N) is 1. The zero-order valence-corrected chi connectivity index (χ0v) is 13.9. The Bertz CT molecular complexity index is 682. The number of ketones is 1. The third kappa shape index (κ3) is 2.67. The van der Waals surface area contributed by atoms with Gasteiger partial charge in [0.15, 0.2) is 5.01 Å². The first-order chi connectivity index (χ1) is 9.78. The van der Waals surface area contributed by atoms with Crippen LogP contribution in [-0.4, -0.2) is 10.8 Å². The molecule has 1 aromatic carbocycles. The van der Waals surface area contributed by atoms with E-state index < -0.39 is 0 Å². The van der Waals surface area contributed by atoms with E-state index in [9.17, 15) is 4.79 Å². The molecule has 1 aromatic heterocycles. The van der Waals surface area contributed by atoms with Crippen LogP contribution in [0.5, 0.6) is 0 Å². The highest BCUT2D eigenvalue weighted by atomic mass is 32.1. The molecule has 1 heterocycles. The number of hydrogen-bond donors (Lipinski definition) is 0. The smallest absolute Gasteiger partial charge is 0.221 e. The number of hydrogen-bond acceptors (Lipinski definition) is 3. The van der Waals surface area contributed by atoms with Gasteiger partial charge < -0.3 is 0 Å². The van der Waals surface area contributed by atoms with Crippen LogP contribution in [0.25, 0.3) is 0 Å². The maximum Gasteiger partial charge on any atom is 0.221 e. The summed E-state index contributed by atoms with van der Waals surface area (Å²) in [5, 5.41) is 0.636. The Morgan fingerprint density at radius 2 is 1.81 bits per heavy atom. The Morgan fingerprint density at radius 1 is 1.14 bits per heavy atom. The Labute approximate surface area is 130 Å². The molecule has 3 heteroatoms. The lowest BCUT2D eigenvalue weighted by molar-refractivity contribution is 0.103. The molecular weight excluding hydrogens is 278 g/mol. The monoisotopic (exact) mass is 299 g/mol. The van der Waals surface area contributed by atoms with Gasteiger partial charge in [0, 0.05) is 15.9 Å². The molecule has 0 bridgehead atoms. The van der Waals surface area contributed by atoms with Crippen LogP contribution >= 0.6 is 11.3 Å². The molecule has 1 aliphatic rings. The van der Waals surface area contributed by atoms with E-state index in [4.69, 9.17) is 0 Å². The Hall–Kier alpha value is -1.48. The topological polar surface area (TPSA) is 30.0 Å². The summed E-state index contributed by atoms with van der Waals surface area (Å²) < 4.78 is 0. The van der Waals surface area contributed by atoms with Crippen LogP contribution in [0.4, 0.5) is 0 Å². The molecule has 3 rings (SSSR count). The first kappa shape index (κ1) is 14.5. The van der Waals surface area contributed by atoms with Gasteiger partial charge in [0.1, 0.15) is 0 Å². The van der Waals surface area contributed by atoms with Crippen molar-refractivity contribution < 1.29 is 4.79 Å². The van der Waals surface area contributed by atoms with Crippen LogP contribution in [-0.2, 0) is 11.8 Å². The molecule has 21 heavy (non-hydrogen) atoms. The van der Waals surface area contributed by atoms with E-state index in [1.807, 2.05) is 30.3 Å². The van der Waals surface area contributed by atoms with Crippen molar-refractivity contribution in [1.29, 1.82) is 0 Å². The summed E-state index contributed by atoms with van der Waals surface area (Å²) in [6, 6.07) is 9.44. The molecule has 0 saturated heterocycles. The van der Waals surface area contributed by atoms with Gasteiger partial charge >= 0.3 is 0 Å².